The SMILES string of the molecule is CC(c1ccccc1)(c1ccccc1)c1ccnc(-n2c3ccccc3c3ccc(Cc4cccc(N5CN(c6ccccc6)c6ccccc65)c4)cc32)c1. The number of pyridine rings is 1. The molecule has 4 heteroatoms. The van der Waals surface area contributed by atoms with Crippen LogP contribution in [-0.4, -0.2) is 16.2 Å². The van der Waals surface area contributed by atoms with Crippen molar-refractivity contribution in [2.45, 2.75) is 18.8 Å². The van der Waals surface area contributed by atoms with Crippen LogP contribution in [0, 0.1) is 0 Å². The summed E-state index contributed by atoms with van der Waals surface area (Å²) in [7, 11) is 0. The highest BCUT2D eigenvalue weighted by Crippen LogP contribution is 2.44. The third kappa shape index (κ3) is 5.66. The first-order valence-electron chi connectivity index (χ1n) is 19.0. The van der Waals surface area contributed by atoms with E-state index in [0.29, 0.717) is 0 Å². The third-order valence-corrected chi connectivity index (χ3v) is 11.4. The number of anilines is 4. The van der Waals surface area contributed by atoms with E-state index < -0.39 is 0 Å². The minimum atomic E-state index is -0.372. The Kier molecular flexibility index (Phi) is 8.03. The predicted molar refractivity (Wildman–Crippen MR) is 228 cm³/mol. The van der Waals surface area contributed by atoms with Gasteiger partial charge in [0, 0.05) is 33.8 Å². The lowest BCUT2D eigenvalue weighted by atomic mass is 9.71. The third-order valence-electron chi connectivity index (χ3n) is 11.4. The lowest BCUT2D eigenvalue weighted by Gasteiger charge is -2.32. The molecule has 0 fully saturated rings. The molecule has 264 valence electrons. The average molecular weight is 709 g/mol. The molecule has 10 rings (SSSR count). The van der Waals surface area contributed by atoms with Crippen molar-refractivity contribution in [2.75, 3.05) is 16.5 Å². The molecule has 0 spiro atoms. The number of fused-ring (bicyclic) bond motifs is 4. The highest BCUT2D eigenvalue weighted by Gasteiger charge is 2.32. The highest BCUT2D eigenvalue weighted by molar-refractivity contribution is 6.09. The molecule has 2 aromatic heterocycles. The fraction of sp³-hybridized carbons (Fsp3) is 0.0784. The quantitative estimate of drug-likeness (QED) is 0.157. The second-order valence-corrected chi connectivity index (χ2v) is 14.6. The van der Waals surface area contributed by atoms with Gasteiger partial charge in [0.2, 0.25) is 0 Å². The monoisotopic (exact) mass is 708 g/mol. The van der Waals surface area contributed by atoms with Crippen molar-refractivity contribution in [3.63, 3.8) is 0 Å². The van der Waals surface area contributed by atoms with E-state index in [1.54, 1.807) is 0 Å². The van der Waals surface area contributed by atoms with Crippen LogP contribution in [0.5, 0.6) is 0 Å². The van der Waals surface area contributed by atoms with E-state index in [2.05, 4.69) is 215 Å². The first kappa shape index (κ1) is 32.7. The standard InChI is InChI=1S/C51H40N4/c1-51(39-17-5-2-6-18-39,40-19-7-3-8-20-40)41-30-31-52-50(35-41)55-46-25-12-11-24-44(46)45-29-28-38(34-49(45)55)32-37-16-15-23-43(33-37)54-36-53(42-21-9-4-10-22-42)47-26-13-14-27-48(47)54/h2-31,33-35H,32,36H2,1H3. The van der Waals surface area contributed by atoms with Gasteiger partial charge in [0.1, 0.15) is 12.5 Å². The van der Waals surface area contributed by atoms with Crippen LogP contribution < -0.4 is 9.80 Å². The molecule has 55 heavy (non-hydrogen) atoms. The largest absolute Gasteiger partial charge is 0.321 e. The van der Waals surface area contributed by atoms with Gasteiger partial charge in [-0.05, 0) is 102 Å². The van der Waals surface area contributed by atoms with Crippen molar-refractivity contribution in [3.8, 4) is 5.82 Å². The molecule has 7 aromatic carbocycles. The fourth-order valence-electron chi connectivity index (χ4n) is 8.60. The molecule has 0 amide bonds. The highest BCUT2D eigenvalue weighted by atomic mass is 15.4. The summed E-state index contributed by atoms with van der Waals surface area (Å²) in [6, 6.07) is 70.1. The molecule has 9 aromatic rings. The van der Waals surface area contributed by atoms with Crippen molar-refractivity contribution in [2.24, 2.45) is 0 Å². The van der Waals surface area contributed by atoms with Crippen LogP contribution in [0.4, 0.5) is 22.7 Å². The number of benzene rings is 7. The molecular formula is C51H40N4. The number of rotatable bonds is 8. The number of nitrogens with zero attached hydrogens (tertiary/aromatic N) is 4. The summed E-state index contributed by atoms with van der Waals surface area (Å²) < 4.78 is 2.35. The molecule has 0 radical (unpaired) electrons. The molecule has 1 aliphatic heterocycles. The molecule has 0 saturated carbocycles. The van der Waals surface area contributed by atoms with Crippen LogP contribution in [0.15, 0.2) is 200 Å². The Morgan fingerprint density at radius 2 is 1.05 bits per heavy atom. The van der Waals surface area contributed by atoms with Gasteiger partial charge in [-0.2, -0.15) is 0 Å². The number of aromatic nitrogens is 2. The Balaban J connectivity index is 1.04. The first-order chi connectivity index (χ1) is 27.1. The van der Waals surface area contributed by atoms with Gasteiger partial charge in [0.15, 0.2) is 0 Å². The summed E-state index contributed by atoms with van der Waals surface area (Å²) in [6.07, 6.45) is 2.79. The second kappa shape index (κ2) is 13.5. The van der Waals surface area contributed by atoms with Gasteiger partial charge in [-0.25, -0.2) is 4.98 Å². The minimum absolute atomic E-state index is 0.372. The summed E-state index contributed by atoms with van der Waals surface area (Å²) in [4.78, 5) is 9.86. The smallest absolute Gasteiger partial charge is 0.137 e. The molecule has 0 N–H and O–H groups in total. The number of para-hydroxylation sites is 4. The van der Waals surface area contributed by atoms with E-state index >= 15 is 0 Å². The Morgan fingerprint density at radius 3 is 1.78 bits per heavy atom. The van der Waals surface area contributed by atoms with Crippen LogP contribution in [0.25, 0.3) is 27.6 Å². The van der Waals surface area contributed by atoms with Gasteiger partial charge in [-0.3, -0.25) is 4.57 Å². The number of hydrogen-bond acceptors (Lipinski definition) is 3. The maximum absolute atomic E-state index is 5.05. The van der Waals surface area contributed by atoms with Crippen LogP contribution in [-0.2, 0) is 11.8 Å². The average Bonchev–Trinajstić information content (AvgIpc) is 3.81. The van der Waals surface area contributed by atoms with Gasteiger partial charge < -0.3 is 9.80 Å². The minimum Gasteiger partial charge on any atom is -0.321 e. The summed E-state index contributed by atoms with van der Waals surface area (Å²) in [5.41, 5.74) is 13.0. The number of hydrogen-bond donors (Lipinski definition) is 0. The summed E-state index contributed by atoms with van der Waals surface area (Å²) >= 11 is 0. The van der Waals surface area contributed by atoms with Crippen LogP contribution >= 0.6 is 0 Å². The maximum Gasteiger partial charge on any atom is 0.137 e. The molecule has 4 nitrogen and oxygen atoms in total. The zero-order valence-electron chi connectivity index (χ0n) is 30.8. The lowest BCUT2D eigenvalue weighted by Crippen LogP contribution is -2.25. The van der Waals surface area contributed by atoms with E-state index in [9.17, 15) is 0 Å². The van der Waals surface area contributed by atoms with E-state index in [-0.39, 0.29) is 5.41 Å². The second-order valence-electron chi connectivity index (χ2n) is 14.6. The molecular weight excluding hydrogens is 669 g/mol. The normalized spacial score (nSPS) is 12.7. The van der Waals surface area contributed by atoms with Crippen LogP contribution in [0.1, 0.15) is 34.7 Å². The van der Waals surface area contributed by atoms with E-state index in [1.807, 2.05) is 6.20 Å². The Labute approximate surface area is 322 Å². The fourth-order valence-corrected chi connectivity index (χ4v) is 8.60. The Bertz CT molecular complexity index is 2750. The Morgan fingerprint density at radius 1 is 0.473 bits per heavy atom. The van der Waals surface area contributed by atoms with Crippen molar-refractivity contribution in [3.05, 3.63) is 228 Å². The van der Waals surface area contributed by atoms with Gasteiger partial charge in [0.05, 0.1) is 22.4 Å². The molecule has 1 aliphatic rings. The van der Waals surface area contributed by atoms with E-state index in [0.717, 1.165) is 29.9 Å². The first-order valence-corrected chi connectivity index (χ1v) is 19.0. The van der Waals surface area contributed by atoms with Crippen molar-refractivity contribution in [1.82, 2.24) is 9.55 Å². The zero-order chi connectivity index (χ0) is 36.8. The van der Waals surface area contributed by atoms with Gasteiger partial charge >= 0.3 is 0 Å². The van der Waals surface area contributed by atoms with Gasteiger partial charge in [-0.1, -0.05) is 133 Å². The van der Waals surface area contributed by atoms with Crippen molar-refractivity contribution < 1.29 is 0 Å². The van der Waals surface area contributed by atoms with Crippen LogP contribution in [0.2, 0.25) is 0 Å². The van der Waals surface area contributed by atoms with Crippen LogP contribution in [0.3, 0.4) is 0 Å². The maximum atomic E-state index is 5.05. The zero-order valence-corrected chi connectivity index (χ0v) is 30.8. The van der Waals surface area contributed by atoms with Gasteiger partial charge in [0.25, 0.3) is 0 Å². The van der Waals surface area contributed by atoms with E-state index in [4.69, 9.17) is 4.98 Å². The van der Waals surface area contributed by atoms with Crippen molar-refractivity contribution in [1.29, 1.82) is 0 Å². The van der Waals surface area contributed by atoms with E-state index in [1.165, 1.54) is 61.3 Å². The van der Waals surface area contributed by atoms with Crippen molar-refractivity contribution >= 4 is 44.6 Å². The molecule has 3 heterocycles. The molecule has 0 unspecified atom stereocenters. The Hall–Kier alpha value is -6.91. The van der Waals surface area contributed by atoms with Gasteiger partial charge in [-0.15, -0.1) is 0 Å². The summed E-state index contributed by atoms with van der Waals surface area (Å²) in [6.45, 7) is 3.09. The molecule has 0 saturated heterocycles. The molecule has 0 bridgehead atoms. The predicted octanol–water partition coefficient (Wildman–Crippen LogP) is 12.4. The molecule has 0 atom stereocenters. The summed E-state index contributed by atoms with van der Waals surface area (Å²) in [5, 5.41) is 2.45. The topological polar surface area (TPSA) is 24.3 Å². The summed E-state index contributed by atoms with van der Waals surface area (Å²) in [5.74, 6) is 0.914. The lowest BCUT2D eigenvalue weighted by molar-refractivity contribution is 0.690. The molecule has 0 aliphatic carbocycles.